The molecule has 3 atom stereocenters. The first-order chi connectivity index (χ1) is 18.4. The van der Waals surface area contributed by atoms with Gasteiger partial charge < -0.3 is 14.2 Å². The number of carbonyl (C=O) groups is 2. The van der Waals surface area contributed by atoms with Gasteiger partial charge in [-0.25, -0.2) is 14.8 Å². The van der Waals surface area contributed by atoms with Gasteiger partial charge in [0, 0.05) is 46.0 Å². The molecule has 38 heavy (non-hydrogen) atoms. The highest BCUT2D eigenvalue weighted by Crippen LogP contribution is 2.30. The standard InChI is InChI=1S/C27H34N6O5/c1-17(16-36-3)38-24-11-25(29-13-21(24)12-28)31-27(35)33-8-5-6-19-10-20(22(15-34)30-26(19)33)14-32-9-7-23(37-4)18(32)2/h10-11,13,15,17-18,23H,5-9,14,16H2,1-4H3,(H,29,31,35)/t17-,18?,23?/m1/s1. The largest absolute Gasteiger partial charge is 0.487 e. The van der Waals surface area contributed by atoms with Gasteiger partial charge in [0.05, 0.1) is 18.9 Å². The Kier molecular flexibility index (Phi) is 8.89. The van der Waals surface area contributed by atoms with Crippen molar-refractivity contribution in [3.8, 4) is 11.8 Å². The van der Waals surface area contributed by atoms with Crippen molar-refractivity contribution in [1.82, 2.24) is 14.9 Å². The fourth-order valence-corrected chi connectivity index (χ4v) is 5.06. The van der Waals surface area contributed by atoms with Gasteiger partial charge in [0.2, 0.25) is 0 Å². The quantitative estimate of drug-likeness (QED) is 0.494. The molecular formula is C27H34N6O5. The number of anilines is 2. The van der Waals surface area contributed by atoms with E-state index in [1.165, 1.54) is 17.2 Å². The van der Waals surface area contributed by atoms with E-state index in [1.54, 1.807) is 14.2 Å². The predicted molar refractivity (Wildman–Crippen MR) is 141 cm³/mol. The zero-order valence-corrected chi connectivity index (χ0v) is 22.3. The number of aromatic nitrogens is 2. The number of ether oxygens (including phenoxy) is 3. The summed E-state index contributed by atoms with van der Waals surface area (Å²) >= 11 is 0. The number of carbonyl (C=O) groups excluding carboxylic acids is 2. The minimum Gasteiger partial charge on any atom is -0.487 e. The van der Waals surface area contributed by atoms with Crippen molar-refractivity contribution in [3.63, 3.8) is 0 Å². The molecule has 2 unspecified atom stereocenters. The molecule has 0 bridgehead atoms. The van der Waals surface area contributed by atoms with Crippen LogP contribution in [-0.4, -0.2) is 79.4 Å². The van der Waals surface area contributed by atoms with E-state index >= 15 is 0 Å². The maximum absolute atomic E-state index is 13.3. The number of rotatable bonds is 9. The van der Waals surface area contributed by atoms with Crippen LogP contribution in [0.5, 0.6) is 5.75 Å². The molecule has 1 N–H and O–H groups in total. The number of nitrogens with zero attached hydrogens (tertiary/aromatic N) is 5. The molecule has 0 aromatic carbocycles. The molecule has 2 aliphatic rings. The van der Waals surface area contributed by atoms with E-state index in [1.807, 2.05) is 19.1 Å². The second-order valence-corrected chi connectivity index (χ2v) is 9.65. The fourth-order valence-electron chi connectivity index (χ4n) is 5.06. The molecule has 11 heteroatoms. The topological polar surface area (TPSA) is 130 Å². The molecule has 1 saturated heterocycles. The summed E-state index contributed by atoms with van der Waals surface area (Å²) in [7, 11) is 3.29. The van der Waals surface area contributed by atoms with E-state index in [0.29, 0.717) is 37.0 Å². The lowest BCUT2D eigenvalue weighted by atomic mass is 10.0. The van der Waals surface area contributed by atoms with Gasteiger partial charge in [-0.3, -0.25) is 19.9 Å². The number of aryl methyl sites for hydroxylation is 1. The normalized spacial score (nSPS) is 19.9. The number of pyridine rings is 2. The Bertz CT molecular complexity index is 1220. The molecule has 0 aliphatic carbocycles. The van der Waals surface area contributed by atoms with E-state index < -0.39 is 6.03 Å². The highest BCUT2D eigenvalue weighted by atomic mass is 16.5. The zero-order valence-electron chi connectivity index (χ0n) is 22.3. The molecule has 2 aliphatic heterocycles. The molecule has 2 aromatic rings. The lowest BCUT2D eigenvalue weighted by molar-refractivity contribution is 0.0712. The Balaban J connectivity index is 1.54. The van der Waals surface area contributed by atoms with Gasteiger partial charge in [0.1, 0.15) is 40.8 Å². The summed E-state index contributed by atoms with van der Waals surface area (Å²) < 4.78 is 16.5. The van der Waals surface area contributed by atoms with Crippen LogP contribution in [0.15, 0.2) is 18.3 Å². The minimum absolute atomic E-state index is 0.171. The average Bonchev–Trinajstić information content (AvgIpc) is 3.26. The summed E-state index contributed by atoms with van der Waals surface area (Å²) in [6, 6.07) is 5.38. The predicted octanol–water partition coefficient (Wildman–Crippen LogP) is 3.17. The second-order valence-electron chi connectivity index (χ2n) is 9.65. The number of nitriles is 1. The smallest absolute Gasteiger partial charge is 0.328 e. The van der Waals surface area contributed by atoms with Crippen molar-refractivity contribution < 1.29 is 23.8 Å². The number of urea groups is 1. The van der Waals surface area contributed by atoms with Crippen LogP contribution in [-0.2, 0) is 22.4 Å². The van der Waals surface area contributed by atoms with Crippen LogP contribution in [0, 0.1) is 11.3 Å². The van der Waals surface area contributed by atoms with Crippen molar-refractivity contribution >= 4 is 24.0 Å². The molecule has 202 valence electrons. The van der Waals surface area contributed by atoms with Crippen molar-refractivity contribution in [1.29, 1.82) is 5.26 Å². The molecule has 11 nitrogen and oxygen atoms in total. The third-order valence-corrected chi connectivity index (χ3v) is 7.07. The number of nitrogens with one attached hydrogen (secondary N) is 1. The number of amides is 2. The number of methoxy groups -OCH3 is 2. The molecule has 1 fully saturated rings. The monoisotopic (exact) mass is 522 g/mol. The Morgan fingerprint density at radius 3 is 2.84 bits per heavy atom. The van der Waals surface area contributed by atoms with Crippen molar-refractivity contribution in [3.05, 3.63) is 40.7 Å². The number of aldehydes is 1. The molecule has 2 amide bonds. The fraction of sp³-hybridized carbons (Fsp3) is 0.519. The lowest BCUT2D eigenvalue weighted by Gasteiger charge is -2.30. The van der Waals surface area contributed by atoms with Crippen LogP contribution >= 0.6 is 0 Å². The molecular weight excluding hydrogens is 488 g/mol. The maximum atomic E-state index is 13.3. The first-order valence-electron chi connectivity index (χ1n) is 12.8. The molecule has 4 heterocycles. The van der Waals surface area contributed by atoms with E-state index in [0.717, 1.165) is 43.2 Å². The summed E-state index contributed by atoms with van der Waals surface area (Å²) in [5, 5.41) is 12.2. The Morgan fingerprint density at radius 1 is 1.34 bits per heavy atom. The van der Waals surface area contributed by atoms with Crippen LogP contribution in [0.2, 0.25) is 0 Å². The first-order valence-corrected chi connectivity index (χ1v) is 12.8. The number of hydrogen-bond donors (Lipinski definition) is 1. The van der Waals surface area contributed by atoms with Crippen LogP contribution in [0.1, 0.15) is 53.9 Å². The van der Waals surface area contributed by atoms with E-state index in [4.69, 9.17) is 14.2 Å². The molecule has 2 aromatic heterocycles. The highest BCUT2D eigenvalue weighted by molar-refractivity contribution is 6.01. The zero-order chi connectivity index (χ0) is 27.2. The van der Waals surface area contributed by atoms with Gasteiger partial charge in [-0.15, -0.1) is 0 Å². The summed E-state index contributed by atoms with van der Waals surface area (Å²) in [4.78, 5) is 37.9. The van der Waals surface area contributed by atoms with Crippen molar-refractivity contribution in [2.45, 2.75) is 57.9 Å². The molecule has 0 radical (unpaired) electrons. The van der Waals surface area contributed by atoms with Crippen molar-refractivity contribution in [2.75, 3.05) is 44.1 Å². The third kappa shape index (κ3) is 5.93. The van der Waals surface area contributed by atoms with Crippen LogP contribution in [0.3, 0.4) is 0 Å². The van der Waals surface area contributed by atoms with Gasteiger partial charge in [-0.2, -0.15) is 5.26 Å². The van der Waals surface area contributed by atoms with Gasteiger partial charge in [-0.1, -0.05) is 0 Å². The van der Waals surface area contributed by atoms with Crippen LogP contribution < -0.4 is 15.0 Å². The van der Waals surface area contributed by atoms with E-state index in [2.05, 4.69) is 27.1 Å². The average molecular weight is 523 g/mol. The Hall–Kier alpha value is -3.59. The second kappa shape index (κ2) is 12.3. The van der Waals surface area contributed by atoms with Gasteiger partial charge >= 0.3 is 6.03 Å². The van der Waals surface area contributed by atoms with E-state index in [9.17, 15) is 14.9 Å². The molecule has 0 spiro atoms. The third-order valence-electron chi connectivity index (χ3n) is 7.07. The maximum Gasteiger partial charge on any atom is 0.328 e. The van der Waals surface area contributed by atoms with Gasteiger partial charge in [-0.05, 0) is 50.3 Å². The summed E-state index contributed by atoms with van der Waals surface area (Å²) in [5.41, 5.74) is 2.36. The summed E-state index contributed by atoms with van der Waals surface area (Å²) in [5.74, 6) is 1.02. The Labute approximate surface area is 222 Å². The SMILES string of the molecule is COC[C@@H](C)Oc1cc(NC(=O)N2CCCc3cc(CN4CCC(OC)C4C)c(C=O)nc32)ncc1C#N. The molecule has 4 rings (SSSR count). The Morgan fingerprint density at radius 2 is 2.16 bits per heavy atom. The van der Waals surface area contributed by atoms with Gasteiger partial charge in [0.15, 0.2) is 6.29 Å². The van der Waals surface area contributed by atoms with Gasteiger partial charge in [0.25, 0.3) is 0 Å². The lowest BCUT2D eigenvalue weighted by Crippen LogP contribution is -2.40. The number of fused-ring (bicyclic) bond motifs is 1. The number of hydrogen-bond acceptors (Lipinski definition) is 9. The van der Waals surface area contributed by atoms with Crippen molar-refractivity contribution in [2.24, 2.45) is 0 Å². The summed E-state index contributed by atoms with van der Waals surface area (Å²) in [6.45, 7) is 6.23. The highest BCUT2D eigenvalue weighted by Gasteiger charge is 2.32. The first kappa shape index (κ1) is 27.4. The van der Waals surface area contributed by atoms with Crippen LogP contribution in [0.4, 0.5) is 16.4 Å². The van der Waals surface area contributed by atoms with E-state index in [-0.39, 0.29) is 29.6 Å². The van der Waals surface area contributed by atoms with Crippen LogP contribution in [0.25, 0.3) is 0 Å². The molecule has 0 saturated carbocycles. The minimum atomic E-state index is -0.424. The number of likely N-dealkylation sites (tertiary alicyclic amines) is 1. The summed E-state index contributed by atoms with van der Waals surface area (Å²) in [6.07, 6.45) is 4.46.